The van der Waals surface area contributed by atoms with E-state index in [0.29, 0.717) is 41.7 Å². The van der Waals surface area contributed by atoms with Gasteiger partial charge in [-0.05, 0) is 57.7 Å². The van der Waals surface area contributed by atoms with Crippen molar-refractivity contribution in [2.75, 3.05) is 25.0 Å². The number of carbonyl (C=O) groups excluding carboxylic acids is 2. The van der Waals surface area contributed by atoms with Gasteiger partial charge >= 0.3 is 6.09 Å². The number of halogens is 1. The quantitative estimate of drug-likeness (QED) is 0.232. The number of primary amides is 1. The highest BCUT2D eigenvalue weighted by Crippen LogP contribution is 2.37. The van der Waals surface area contributed by atoms with E-state index in [-0.39, 0.29) is 33.4 Å². The van der Waals surface area contributed by atoms with E-state index in [1.54, 1.807) is 29.2 Å². The minimum absolute atomic E-state index is 0.157. The lowest BCUT2D eigenvalue weighted by Gasteiger charge is -2.33. The Morgan fingerprint density at radius 3 is 2.58 bits per heavy atom. The Balaban J connectivity index is 1.46. The number of nitrogens with one attached hydrogen (secondary N) is 1. The molecule has 2 heterocycles. The van der Waals surface area contributed by atoms with E-state index in [4.69, 9.17) is 26.8 Å². The van der Waals surface area contributed by atoms with Gasteiger partial charge in [-0.1, -0.05) is 35.1 Å². The summed E-state index contributed by atoms with van der Waals surface area (Å²) in [5.41, 5.74) is 5.93. The Morgan fingerprint density at radius 2 is 1.95 bits per heavy atom. The summed E-state index contributed by atoms with van der Waals surface area (Å²) in [5, 5.41) is 15.4. The minimum atomic E-state index is -0.676. The molecule has 0 saturated carbocycles. The number of piperidine rings is 1. The summed E-state index contributed by atoms with van der Waals surface area (Å²) in [7, 11) is 0. The van der Waals surface area contributed by atoms with Crippen LogP contribution in [0.5, 0.6) is 5.75 Å². The van der Waals surface area contributed by atoms with E-state index in [1.807, 2.05) is 20.8 Å². The van der Waals surface area contributed by atoms with Crippen molar-refractivity contribution in [3.63, 3.8) is 0 Å². The average Bonchev–Trinajstić information content (AvgIpc) is 3.31. The van der Waals surface area contributed by atoms with E-state index < -0.39 is 16.4 Å². The summed E-state index contributed by atoms with van der Waals surface area (Å²) in [5.74, 6) is -0.0307. The molecule has 1 fully saturated rings. The van der Waals surface area contributed by atoms with Gasteiger partial charge < -0.3 is 25.4 Å². The highest BCUT2D eigenvalue weighted by molar-refractivity contribution is 7.18. The largest absolute Gasteiger partial charge is 0.493 e. The highest BCUT2D eigenvalue weighted by Gasteiger charge is 2.27. The number of likely N-dealkylation sites (tertiary alicyclic amines) is 1. The first-order chi connectivity index (χ1) is 18.9. The minimum Gasteiger partial charge on any atom is -0.493 e. The number of anilines is 2. The van der Waals surface area contributed by atoms with Crippen molar-refractivity contribution < 1.29 is 24.0 Å². The standard InChI is InChI=1S/C27H30ClN5O6S/c1-27(2,3)39-26(35)32-11-9-16(10-12-32)15-38-19-7-8-21(33(36)37)20(14-19)30-25-31-22(23(40-25)24(29)34)17-5-4-6-18(28)13-17/h4-8,13-14,16H,9-12,15H2,1-3H3,(H2,29,34)(H,30,31). The second-order valence-electron chi connectivity index (χ2n) is 10.4. The van der Waals surface area contributed by atoms with Gasteiger partial charge in [0.25, 0.3) is 11.6 Å². The Morgan fingerprint density at radius 1 is 1.23 bits per heavy atom. The third-order valence-corrected chi connectivity index (χ3v) is 7.33. The van der Waals surface area contributed by atoms with Crippen molar-refractivity contribution >= 4 is 51.4 Å². The average molecular weight is 588 g/mol. The summed E-state index contributed by atoms with van der Waals surface area (Å²) in [4.78, 5) is 42.0. The number of carbonyl (C=O) groups is 2. The lowest BCUT2D eigenvalue weighted by molar-refractivity contribution is -0.383. The van der Waals surface area contributed by atoms with Gasteiger partial charge in [0.05, 0.1) is 17.2 Å². The van der Waals surface area contributed by atoms with Crippen LogP contribution in [0, 0.1) is 16.0 Å². The van der Waals surface area contributed by atoms with Crippen molar-refractivity contribution in [2.24, 2.45) is 11.7 Å². The van der Waals surface area contributed by atoms with E-state index >= 15 is 0 Å². The van der Waals surface area contributed by atoms with E-state index in [1.165, 1.54) is 18.2 Å². The van der Waals surface area contributed by atoms with Crippen molar-refractivity contribution in [3.05, 3.63) is 62.5 Å². The lowest BCUT2D eigenvalue weighted by atomic mass is 9.98. The smallest absolute Gasteiger partial charge is 0.410 e. The van der Waals surface area contributed by atoms with Crippen LogP contribution >= 0.6 is 22.9 Å². The molecule has 0 radical (unpaired) electrons. The summed E-state index contributed by atoms with van der Waals surface area (Å²) < 4.78 is 11.4. The molecule has 0 aliphatic carbocycles. The number of rotatable bonds is 8. The molecule has 4 rings (SSSR count). The molecule has 1 aromatic heterocycles. The number of benzene rings is 2. The van der Waals surface area contributed by atoms with Crippen LogP contribution in [0.25, 0.3) is 11.3 Å². The molecule has 11 nitrogen and oxygen atoms in total. The van der Waals surface area contributed by atoms with Crippen molar-refractivity contribution in [1.29, 1.82) is 0 Å². The second kappa shape index (κ2) is 12.1. The predicted molar refractivity (Wildman–Crippen MR) is 153 cm³/mol. The Kier molecular flexibility index (Phi) is 8.79. The number of nitro groups is 1. The SMILES string of the molecule is CC(C)(C)OC(=O)N1CCC(COc2ccc([N+](=O)[O-])c(Nc3nc(-c4cccc(Cl)c4)c(C(N)=O)s3)c2)CC1. The van der Waals surface area contributed by atoms with Crippen molar-refractivity contribution in [3.8, 4) is 17.0 Å². The maximum absolute atomic E-state index is 12.3. The molecular weight excluding hydrogens is 558 g/mol. The number of hydrogen-bond donors (Lipinski definition) is 2. The topological polar surface area (TPSA) is 150 Å². The number of thiazole rings is 1. The van der Waals surface area contributed by atoms with Gasteiger partial charge in [-0.2, -0.15) is 0 Å². The number of nitrogens with zero attached hydrogens (tertiary/aromatic N) is 3. The summed E-state index contributed by atoms with van der Waals surface area (Å²) in [6.45, 7) is 7.03. The van der Waals surface area contributed by atoms with Crippen molar-refractivity contribution in [1.82, 2.24) is 9.88 Å². The fourth-order valence-electron chi connectivity index (χ4n) is 4.17. The number of aromatic nitrogens is 1. The molecule has 2 amide bonds. The summed E-state index contributed by atoms with van der Waals surface area (Å²) in [6, 6.07) is 11.2. The first kappa shape index (κ1) is 29.1. The third-order valence-electron chi connectivity index (χ3n) is 6.11. The van der Waals surface area contributed by atoms with Crippen LogP contribution in [0.1, 0.15) is 43.3 Å². The number of nitro benzene ring substituents is 1. The van der Waals surface area contributed by atoms with Gasteiger partial charge in [-0.3, -0.25) is 14.9 Å². The molecule has 13 heteroatoms. The van der Waals surface area contributed by atoms with Crippen LogP contribution in [0.4, 0.5) is 21.3 Å². The zero-order chi connectivity index (χ0) is 29.0. The molecule has 1 aliphatic heterocycles. The first-order valence-corrected chi connectivity index (χ1v) is 13.8. The van der Waals surface area contributed by atoms with Crippen LogP contribution in [0.3, 0.4) is 0 Å². The van der Waals surface area contributed by atoms with Crippen LogP contribution in [0.2, 0.25) is 5.02 Å². The predicted octanol–water partition coefficient (Wildman–Crippen LogP) is 6.24. The molecule has 0 spiro atoms. The zero-order valence-corrected chi connectivity index (χ0v) is 23.9. The van der Waals surface area contributed by atoms with Gasteiger partial charge in [0.15, 0.2) is 5.13 Å². The summed E-state index contributed by atoms with van der Waals surface area (Å²) in [6.07, 6.45) is 1.18. The molecule has 0 atom stereocenters. The number of amides is 2. The van der Waals surface area contributed by atoms with Gasteiger partial charge in [-0.15, -0.1) is 0 Å². The lowest BCUT2D eigenvalue weighted by Crippen LogP contribution is -2.42. The normalized spacial score (nSPS) is 14.1. The monoisotopic (exact) mass is 587 g/mol. The molecule has 212 valence electrons. The Hall–Kier alpha value is -3.90. The van der Waals surface area contributed by atoms with Crippen molar-refractivity contribution in [2.45, 2.75) is 39.2 Å². The highest BCUT2D eigenvalue weighted by atomic mass is 35.5. The third kappa shape index (κ3) is 7.39. The van der Waals surface area contributed by atoms with Crippen LogP contribution in [-0.4, -0.2) is 52.1 Å². The molecule has 0 unspecified atom stereocenters. The number of ether oxygens (including phenoxy) is 2. The molecule has 1 aliphatic rings. The summed E-state index contributed by atoms with van der Waals surface area (Å²) >= 11 is 7.08. The van der Waals surface area contributed by atoms with Crippen LogP contribution in [0.15, 0.2) is 42.5 Å². The molecule has 40 heavy (non-hydrogen) atoms. The fraction of sp³-hybridized carbons (Fsp3) is 0.370. The van der Waals surface area contributed by atoms with E-state index in [0.717, 1.165) is 24.2 Å². The Bertz CT molecular complexity index is 1410. The molecule has 2 aromatic carbocycles. The van der Waals surface area contributed by atoms with Crippen LogP contribution < -0.4 is 15.8 Å². The molecule has 0 bridgehead atoms. The maximum atomic E-state index is 12.3. The Labute approximate surface area is 240 Å². The van der Waals surface area contributed by atoms with Gasteiger partial charge in [0, 0.05) is 35.8 Å². The number of nitrogens with two attached hydrogens (primary N) is 1. The van der Waals surface area contributed by atoms with E-state index in [2.05, 4.69) is 10.3 Å². The molecular formula is C27H30ClN5O6S. The first-order valence-electron chi connectivity index (χ1n) is 12.6. The molecule has 1 saturated heterocycles. The molecule has 3 N–H and O–H groups in total. The maximum Gasteiger partial charge on any atom is 0.410 e. The zero-order valence-electron chi connectivity index (χ0n) is 22.3. The molecule has 3 aromatic rings. The number of hydrogen-bond acceptors (Lipinski definition) is 9. The van der Waals surface area contributed by atoms with E-state index in [9.17, 15) is 19.7 Å². The fourth-order valence-corrected chi connectivity index (χ4v) is 5.22. The van der Waals surface area contributed by atoms with Crippen LogP contribution in [-0.2, 0) is 4.74 Å². The van der Waals surface area contributed by atoms with Gasteiger partial charge in [0.2, 0.25) is 0 Å². The second-order valence-corrected chi connectivity index (χ2v) is 11.8. The van der Waals surface area contributed by atoms with Gasteiger partial charge in [-0.25, -0.2) is 9.78 Å². The van der Waals surface area contributed by atoms with Gasteiger partial charge in [0.1, 0.15) is 21.9 Å².